The van der Waals surface area contributed by atoms with Gasteiger partial charge in [0, 0.05) is 65.6 Å². The third-order valence-electron chi connectivity index (χ3n) is 8.59. The van der Waals surface area contributed by atoms with Crippen molar-refractivity contribution in [2.24, 2.45) is 0 Å². The monoisotopic (exact) mass is 644 g/mol. The fourth-order valence-corrected chi connectivity index (χ4v) is 8.49. The number of anilines is 4. The molecule has 10 N–H and O–H groups in total. The quantitative estimate of drug-likeness (QED) is 0.112. The minimum atomic E-state index is -0.300. The Hall–Kier alpha value is -5.53. The van der Waals surface area contributed by atoms with Crippen molar-refractivity contribution in [2.75, 3.05) is 22.9 Å². The molecule has 0 saturated heterocycles. The molecule has 0 spiro atoms. The number of carbonyl (C=O) groups excluding carboxylic acids is 1. The van der Waals surface area contributed by atoms with Crippen LogP contribution >= 0.6 is 22.7 Å². The average Bonchev–Trinajstić information content (AvgIpc) is 3.85. The van der Waals surface area contributed by atoms with E-state index in [0.717, 1.165) is 63.2 Å². The first kappa shape index (κ1) is 28.0. The third-order valence-corrected chi connectivity index (χ3v) is 11.2. The van der Waals surface area contributed by atoms with Crippen molar-refractivity contribution in [3.63, 3.8) is 0 Å². The molecule has 228 valence electrons. The number of H-pyrrole nitrogens is 2. The second-order valence-corrected chi connectivity index (χ2v) is 13.6. The van der Waals surface area contributed by atoms with Gasteiger partial charge in [0.25, 0.3) is 0 Å². The first-order valence-corrected chi connectivity index (χ1v) is 16.2. The van der Waals surface area contributed by atoms with Crippen LogP contribution in [0, 0.1) is 0 Å². The number of hydrogen-bond donors (Lipinski definition) is 6. The number of Topliss-reactive ketones (excluding diaryl/α,β-unsaturated/α-hetero) is 1. The molecule has 8 rings (SSSR count). The molecule has 6 aromatic heterocycles. The van der Waals surface area contributed by atoms with Crippen LogP contribution in [-0.4, -0.2) is 35.7 Å². The van der Waals surface area contributed by atoms with E-state index in [4.69, 9.17) is 22.9 Å². The highest BCUT2D eigenvalue weighted by Crippen LogP contribution is 2.43. The fraction of sp³-hybridized carbons (Fsp3) is 0.121. The Bertz CT molecular complexity index is 2330. The zero-order valence-corrected chi connectivity index (χ0v) is 26.4. The highest BCUT2D eigenvalue weighted by atomic mass is 32.1. The lowest BCUT2D eigenvalue weighted by molar-refractivity contribution is -0.121. The van der Waals surface area contributed by atoms with Crippen LogP contribution in [0.4, 0.5) is 23.5 Å². The molecular formula is C33H28N10OS2. The molecule has 8 aromatic rings. The Kier molecular flexibility index (Phi) is 6.24. The highest BCUT2D eigenvalue weighted by Gasteiger charge is 2.27. The number of nitrogens with two attached hydrogens (primary N) is 4. The van der Waals surface area contributed by atoms with Crippen LogP contribution in [0.1, 0.15) is 35.4 Å². The predicted molar refractivity (Wildman–Crippen MR) is 189 cm³/mol. The number of benzene rings is 2. The Morgan fingerprint density at radius 2 is 1.09 bits per heavy atom. The molecule has 0 bridgehead atoms. The van der Waals surface area contributed by atoms with E-state index in [2.05, 4.69) is 42.0 Å². The number of fused-ring (bicyclic) bond motifs is 6. The fourth-order valence-electron chi connectivity index (χ4n) is 6.31. The van der Waals surface area contributed by atoms with Crippen molar-refractivity contribution < 1.29 is 4.79 Å². The predicted octanol–water partition coefficient (Wildman–Crippen LogP) is 6.80. The van der Waals surface area contributed by atoms with Gasteiger partial charge < -0.3 is 32.9 Å². The second-order valence-electron chi connectivity index (χ2n) is 11.4. The summed E-state index contributed by atoms with van der Waals surface area (Å²) in [5, 5.41) is 3.38. The summed E-state index contributed by atoms with van der Waals surface area (Å²) in [6.07, 6.45) is 3.75. The minimum Gasteiger partial charge on any atom is -0.383 e. The van der Waals surface area contributed by atoms with Gasteiger partial charge in [0.2, 0.25) is 11.9 Å². The smallest absolute Gasteiger partial charge is 0.222 e. The van der Waals surface area contributed by atoms with E-state index < -0.39 is 0 Å². The van der Waals surface area contributed by atoms with E-state index in [0.29, 0.717) is 22.7 Å². The third kappa shape index (κ3) is 4.27. The van der Waals surface area contributed by atoms with Crippen molar-refractivity contribution in [1.82, 2.24) is 29.9 Å². The number of nitrogens with one attached hydrogen (secondary N) is 2. The molecule has 0 aliphatic heterocycles. The summed E-state index contributed by atoms with van der Waals surface area (Å²) in [7, 11) is 0. The van der Waals surface area contributed by atoms with E-state index in [-0.39, 0.29) is 29.5 Å². The number of nitrogens with zero attached hydrogens (tertiary/aromatic N) is 4. The van der Waals surface area contributed by atoms with E-state index in [1.54, 1.807) is 22.7 Å². The zero-order valence-electron chi connectivity index (χ0n) is 24.8. The molecule has 2 aromatic carbocycles. The summed E-state index contributed by atoms with van der Waals surface area (Å²) in [5.74, 6) is 0.494. The number of nitrogen functional groups attached to an aromatic ring is 4. The van der Waals surface area contributed by atoms with Gasteiger partial charge in [-0.15, -0.1) is 22.7 Å². The molecule has 0 radical (unpaired) electrons. The van der Waals surface area contributed by atoms with Gasteiger partial charge in [0.05, 0.1) is 32.8 Å². The molecule has 11 nitrogen and oxygen atoms in total. The largest absolute Gasteiger partial charge is 0.383 e. The van der Waals surface area contributed by atoms with Crippen molar-refractivity contribution in [1.29, 1.82) is 0 Å². The Labute approximate surface area is 269 Å². The lowest BCUT2D eigenvalue weighted by Gasteiger charge is -2.14. The van der Waals surface area contributed by atoms with Crippen LogP contribution < -0.4 is 22.9 Å². The SMILES string of the molecule is CC(C(=O)C(C)c1ccc(-c2cc3nc(N)nc(N)c3c3cc[nH]c23)s1)c1ccc(-c2cc3nc(N)nc(N)c3c3cc[nH]c23)s1. The first-order valence-electron chi connectivity index (χ1n) is 14.6. The molecular weight excluding hydrogens is 617 g/mol. The van der Waals surface area contributed by atoms with Crippen LogP contribution in [0.5, 0.6) is 0 Å². The number of aromatic amines is 2. The lowest BCUT2D eigenvalue weighted by atomic mass is 9.93. The topological polar surface area (TPSA) is 204 Å². The molecule has 0 aliphatic rings. The van der Waals surface area contributed by atoms with Gasteiger partial charge in [0.1, 0.15) is 17.4 Å². The van der Waals surface area contributed by atoms with Gasteiger partial charge in [-0.25, -0.2) is 9.97 Å². The molecule has 6 heterocycles. The van der Waals surface area contributed by atoms with Gasteiger partial charge in [-0.3, -0.25) is 4.79 Å². The summed E-state index contributed by atoms with van der Waals surface area (Å²) in [5.41, 5.74) is 29.4. The molecule has 13 heteroatoms. The number of carbonyl (C=O) groups is 1. The Balaban J connectivity index is 1.10. The van der Waals surface area contributed by atoms with E-state index >= 15 is 0 Å². The average molecular weight is 645 g/mol. The summed E-state index contributed by atoms with van der Waals surface area (Å²) < 4.78 is 0. The summed E-state index contributed by atoms with van der Waals surface area (Å²) in [6, 6.07) is 16.1. The number of hydrogen-bond acceptors (Lipinski definition) is 11. The van der Waals surface area contributed by atoms with Crippen molar-refractivity contribution >= 4 is 95.6 Å². The Morgan fingerprint density at radius 1 is 0.652 bits per heavy atom. The maximum Gasteiger partial charge on any atom is 0.222 e. The number of rotatable bonds is 6. The molecule has 2 unspecified atom stereocenters. The summed E-state index contributed by atoms with van der Waals surface area (Å²) in [4.78, 5) is 41.8. The van der Waals surface area contributed by atoms with Crippen molar-refractivity contribution in [2.45, 2.75) is 25.7 Å². The van der Waals surface area contributed by atoms with Gasteiger partial charge in [-0.1, -0.05) is 13.8 Å². The van der Waals surface area contributed by atoms with Crippen LogP contribution in [0.15, 0.2) is 60.9 Å². The van der Waals surface area contributed by atoms with Gasteiger partial charge in [-0.2, -0.15) is 9.97 Å². The van der Waals surface area contributed by atoms with Crippen LogP contribution in [0.3, 0.4) is 0 Å². The van der Waals surface area contributed by atoms with E-state index in [9.17, 15) is 4.79 Å². The minimum absolute atomic E-state index is 0.129. The number of thiophene rings is 2. The molecule has 0 saturated carbocycles. The molecule has 0 amide bonds. The maximum absolute atomic E-state index is 13.9. The van der Waals surface area contributed by atoms with E-state index in [1.165, 1.54) is 0 Å². The molecule has 46 heavy (non-hydrogen) atoms. The zero-order chi connectivity index (χ0) is 31.9. The van der Waals surface area contributed by atoms with Gasteiger partial charge in [0.15, 0.2) is 0 Å². The van der Waals surface area contributed by atoms with Crippen LogP contribution in [0.2, 0.25) is 0 Å². The van der Waals surface area contributed by atoms with Crippen molar-refractivity contribution in [3.05, 3.63) is 70.7 Å². The lowest BCUT2D eigenvalue weighted by Crippen LogP contribution is -2.14. The molecule has 2 atom stereocenters. The standard InChI is InChI=1S/C33H28N10OS2/c1-13(21-3-5-23(45-21)17-11-19-25(15-7-9-38-27(15)17)30(34)42-32(36)40-19)29(44)14(2)22-4-6-24(46-22)18-12-20-26(16-8-10-39-28(16)18)31(35)43-33(37)41-20/h3-14,38-39H,1-2H3,(H4,34,36,40,42)(H4,35,37,41,43). The summed E-state index contributed by atoms with van der Waals surface area (Å²) in [6.45, 7) is 3.95. The molecule has 0 aliphatic carbocycles. The first-order chi connectivity index (χ1) is 22.2. The Morgan fingerprint density at radius 3 is 1.52 bits per heavy atom. The van der Waals surface area contributed by atoms with Crippen LogP contribution in [0.25, 0.3) is 64.5 Å². The van der Waals surface area contributed by atoms with Gasteiger partial charge in [-0.05, 0) is 48.5 Å². The summed E-state index contributed by atoms with van der Waals surface area (Å²) >= 11 is 3.20. The number of aromatic nitrogens is 6. The maximum atomic E-state index is 13.9. The molecule has 0 fully saturated rings. The number of ketones is 1. The second kappa shape index (κ2) is 10.3. The highest BCUT2D eigenvalue weighted by molar-refractivity contribution is 7.16. The normalized spacial score (nSPS) is 13.3. The van der Waals surface area contributed by atoms with Crippen LogP contribution in [-0.2, 0) is 4.79 Å². The van der Waals surface area contributed by atoms with Crippen molar-refractivity contribution in [3.8, 4) is 20.9 Å². The van der Waals surface area contributed by atoms with Gasteiger partial charge >= 0.3 is 0 Å². The van der Waals surface area contributed by atoms with E-state index in [1.807, 2.05) is 62.6 Å².